The smallest absolute Gasteiger partial charge is 0.258 e. The number of para-hydroxylation sites is 1. The maximum absolute atomic E-state index is 12.3. The van der Waals surface area contributed by atoms with Gasteiger partial charge >= 0.3 is 0 Å². The van der Waals surface area contributed by atoms with Crippen LogP contribution in [0.25, 0.3) is 0 Å². The maximum Gasteiger partial charge on any atom is 0.258 e. The number of benzene rings is 2. The van der Waals surface area contributed by atoms with Gasteiger partial charge < -0.3 is 10.6 Å². The molecular weight excluding hydrogens is 292 g/mol. The van der Waals surface area contributed by atoms with E-state index in [9.17, 15) is 4.79 Å². The van der Waals surface area contributed by atoms with Crippen LogP contribution in [0.5, 0.6) is 0 Å². The first-order valence-electron chi connectivity index (χ1n) is 5.47. The van der Waals surface area contributed by atoms with Crippen molar-refractivity contribution in [1.29, 1.82) is 0 Å². The van der Waals surface area contributed by atoms with E-state index in [1.54, 1.807) is 36.2 Å². The van der Waals surface area contributed by atoms with Crippen molar-refractivity contribution in [1.82, 2.24) is 0 Å². The first-order chi connectivity index (χ1) is 8.59. The molecule has 0 bridgehead atoms. The zero-order valence-corrected chi connectivity index (χ0v) is 11.5. The first-order valence-corrected chi connectivity index (χ1v) is 6.27. The average molecular weight is 305 g/mol. The van der Waals surface area contributed by atoms with Gasteiger partial charge in [-0.15, -0.1) is 0 Å². The molecule has 0 fully saturated rings. The van der Waals surface area contributed by atoms with Crippen molar-refractivity contribution in [3.8, 4) is 0 Å². The van der Waals surface area contributed by atoms with Crippen molar-refractivity contribution >= 4 is 33.2 Å². The monoisotopic (exact) mass is 304 g/mol. The van der Waals surface area contributed by atoms with Crippen molar-refractivity contribution in [3.05, 3.63) is 58.6 Å². The Hall–Kier alpha value is -1.81. The zero-order chi connectivity index (χ0) is 13.1. The molecule has 0 spiro atoms. The largest absolute Gasteiger partial charge is 0.399 e. The summed E-state index contributed by atoms with van der Waals surface area (Å²) in [7, 11) is 1.74. The van der Waals surface area contributed by atoms with Gasteiger partial charge in [-0.25, -0.2) is 0 Å². The predicted octanol–water partition coefficient (Wildman–Crippen LogP) is 3.31. The highest BCUT2D eigenvalue weighted by atomic mass is 79.9. The number of hydrogen-bond acceptors (Lipinski definition) is 2. The van der Waals surface area contributed by atoms with Crippen LogP contribution in [0, 0.1) is 0 Å². The minimum absolute atomic E-state index is 0.0887. The van der Waals surface area contributed by atoms with Crippen LogP contribution in [0.2, 0.25) is 0 Å². The van der Waals surface area contributed by atoms with Crippen LogP contribution in [0.4, 0.5) is 11.4 Å². The number of amides is 1. The molecule has 0 heterocycles. The Labute approximate surface area is 114 Å². The van der Waals surface area contributed by atoms with Crippen LogP contribution in [-0.2, 0) is 0 Å². The van der Waals surface area contributed by atoms with E-state index >= 15 is 0 Å². The minimum Gasteiger partial charge on any atom is -0.399 e. The van der Waals surface area contributed by atoms with E-state index in [-0.39, 0.29) is 5.91 Å². The minimum atomic E-state index is -0.0887. The molecule has 3 nitrogen and oxygen atoms in total. The molecular formula is C14H13BrN2O. The van der Waals surface area contributed by atoms with Crippen molar-refractivity contribution in [3.63, 3.8) is 0 Å². The molecule has 0 aliphatic rings. The van der Waals surface area contributed by atoms with E-state index in [1.807, 2.05) is 24.3 Å². The van der Waals surface area contributed by atoms with Gasteiger partial charge in [-0.05, 0) is 46.3 Å². The number of nitrogen functional groups attached to an aromatic ring is 1. The van der Waals surface area contributed by atoms with Gasteiger partial charge in [-0.3, -0.25) is 4.79 Å². The number of anilines is 2. The summed E-state index contributed by atoms with van der Waals surface area (Å²) >= 11 is 3.43. The number of halogens is 1. The van der Waals surface area contributed by atoms with E-state index in [0.29, 0.717) is 11.3 Å². The lowest BCUT2D eigenvalue weighted by molar-refractivity contribution is 0.0993. The van der Waals surface area contributed by atoms with Crippen LogP contribution in [0.15, 0.2) is 53.0 Å². The maximum atomic E-state index is 12.3. The molecule has 0 aliphatic heterocycles. The van der Waals surface area contributed by atoms with Crippen LogP contribution in [0.1, 0.15) is 10.4 Å². The van der Waals surface area contributed by atoms with E-state index < -0.39 is 0 Å². The fourth-order valence-electron chi connectivity index (χ4n) is 1.70. The summed E-state index contributed by atoms with van der Waals surface area (Å²) in [5.74, 6) is -0.0887. The fourth-order valence-corrected chi connectivity index (χ4v) is 2.25. The second-order valence-corrected chi connectivity index (χ2v) is 4.80. The second kappa shape index (κ2) is 5.23. The van der Waals surface area contributed by atoms with Gasteiger partial charge in [0, 0.05) is 22.8 Å². The molecule has 0 atom stereocenters. The Morgan fingerprint density at radius 2 is 1.89 bits per heavy atom. The summed E-state index contributed by atoms with van der Waals surface area (Å²) in [4.78, 5) is 13.9. The van der Waals surface area contributed by atoms with Crippen molar-refractivity contribution in [2.24, 2.45) is 0 Å². The summed E-state index contributed by atoms with van der Waals surface area (Å²) in [6, 6.07) is 14.6. The number of carbonyl (C=O) groups is 1. The SMILES string of the molecule is CN(C(=O)c1cccc(N)c1)c1ccccc1Br. The summed E-state index contributed by atoms with van der Waals surface area (Å²) < 4.78 is 0.879. The highest BCUT2D eigenvalue weighted by Crippen LogP contribution is 2.26. The third kappa shape index (κ3) is 2.54. The molecule has 0 saturated heterocycles. The van der Waals surface area contributed by atoms with Gasteiger partial charge in [0.05, 0.1) is 5.69 Å². The molecule has 92 valence electrons. The molecule has 2 aromatic carbocycles. The molecule has 0 aliphatic carbocycles. The number of carbonyl (C=O) groups excluding carboxylic acids is 1. The summed E-state index contributed by atoms with van der Waals surface area (Å²) in [5.41, 5.74) is 7.67. The Balaban J connectivity index is 2.32. The molecule has 4 heteroatoms. The number of nitrogens with two attached hydrogens (primary N) is 1. The number of hydrogen-bond donors (Lipinski definition) is 1. The normalized spacial score (nSPS) is 10.1. The highest BCUT2D eigenvalue weighted by Gasteiger charge is 2.15. The topological polar surface area (TPSA) is 46.3 Å². The van der Waals surface area contributed by atoms with Crippen LogP contribution in [0.3, 0.4) is 0 Å². The number of nitrogens with zero attached hydrogens (tertiary/aromatic N) is 1. The quantitative estimate of drug-likeness (QED) is 0.865. The lowest BCUT2D eigenvalue weighted by atomic mass is 10.1. The highest BCUT2D eigenvalue weighted by molar-refractivity contribution is 9.10. The van der Waals surface area contributed by atoms with Crippen LogP contribution < -0.4 is 10.6 Å². The van der Waals surface area contributed by atoms with E-state index in [1.165, 1.54) is 0 Å². The molecule has 2 aromatic rings. The Kier molecular flexibility index (Phi) is 3.67. The van der Waals surface area contributed by atoms with E-state index in [2.05, 4.69) is 15.9 Å². The molecule has 2 rings (SSSR count). The molecule has 18 heavy (non-hydrogen) atoms. The third-order valence-corrected chi connectivity index (χ3v) is 3.32. The lowest BCUT2D eigenvalue weighted by Gasteiger charge is -2.19. The molecule has 2 N–H and O–H groups in total. The lowest BCUT2D eigenvalue weighted by Crippen LogP contribution is -2.26. The van der Waals surface area contributed by atoms with Crippen molar-refractivity contribution in [2.45, 2.75) is 0 Å². The Morgan fingerprint density at radius 3 is 2.56 bits per heavy atom. The standard InChI is InChI=1S/C14H13BrN2O/c1-17(13-8-3-2-7-12(13)15)14(18)10-5-4-6-11(16)9-10/h2-9H,16H2,1H3. The molecule has 0 unspecified atom stereocenters. The van der Waals surface area contributed by atoms with Gasteiger partial charge in [0.25, 0.3) is 5.91 Å². The van der Waals surface area contributed by atoms with Gasteiger partial charge in [-0.1, -0.05) is 18.2 Å². The van der Waals surface area contributed by atoms with Crippen LogP contribution >= 0.6 is 15.9 Å². The van der Waals surface area contributed by atoms with E-state index in [0.717, 1.165) is 10.2 Å². The molecule has 1 amide bonds. The second-order valence-electron chi connectivity index (χ2n) is 3.94. The summed E-state index contributed by atoms with van der Waals surface area (Å²) in [6.07, 6.45) is 0. The van der Waals surface area contributed by atoms with Crippen molar-refractivity contribution in [2.75, 3.05) is 17.7 Å². The zero-order valence-electron chi connectivity index (χ0n) is 9.93. The van der Waals surface area contributed by atoms with Gasteiger partial charge in [0.1, 0.15) is 0 Å². The average Bonchev–Trinajstić information content (AvgIpc) is 2.37. The summed E-state index contributed by atoms with van der Waals surface area (Å²) in [5, 5.41) is 0. The fraction of sp³-hybridized carbons (Fsp3) is 0.0714. The van der Waals surface area contributed by atoms with Crippen molar-refractivity contribution < 1.29 is 4.79 Å². The van der Waals surface area contributed by atoms with Gasteiger partial charge in [-0.2, -0.15) is 0 Å². The van der Waals surface area contributed by atoms with Crippen LogP contribution in [-0.4, -0.2) is 13.0 Å². The van der Waals surface area contributed by atoms with E-state index in [4.69, 9.17) is 5.73 Å². The Morgan fingerprint density at radius 1 is 1.17 bits per heavy atom. The molecule has 0 aromatic heterocycles. The van der Waals surface area contributed by atoms with Gasteiger partial charge in [0.15, 0.2) is 0 Å². The van der Waals surface area contributed by atoms with Gasteiger partial charge in [0.2, 0.25) is 0 Å². The first kappa shape index (κ1) is 12.6. The third-order valence-electron chi connectivity index (χ3n) is 2.65. The summed E-state index contributed by atoms with van der Waals surface area (Å²) in [6.45, 7) is 0. The predicted molar refractivity (Wildman–Crippen MR) is 77.7 cm³/mol. The number of rotatable bonds is 2. The Bertz CT molecular complexity index is 584. The molecule has 0 radical (unpaired) electrons. The molecule has 0 saturated carbocycles.